The van der Waals surface area contributed by atoms with Crippen molar-refractivity contribution in [1.82, 2.24) is 0 Å². The fraction of sp³-hybridized carbons (Fsp3) is 0.400. The van der Waals surface area contributed by atoms with Crippen molar-refractivity contribution in [2.75, 3.05) is 0 Å². The molecule has 0 saturated carbocycles. The molecule has 0 saturated heterocycles. The maximum Gasteiger partial charge on any atom is 0.216 e. The summed E-state index contributed by atoms with van der Waals surface area (Å²) in [5, 5.41) is 19.2. The van der Waals surface area contributed by atoms with Gasteiger partial charge in [-0.2, -0.15) is 0 Å². The number of aliphatic hydroxyl groups is 2. The molecule has 2 nitrogen and oxygen atoms in total. The van der Waals surface area contributed by atoms with Crippen LogP contribution in [-0.2, 0) is 0 Å². The molecule has 84 valence electrons. The number of hydrogen-bond donors (Lipinski definition) is 2. The molecule has 0 aromatic heterocycles. The van der Waals surface area contributed by atoms with Gasteiger partial charge in [-0.1, -0.05) is 65.1 Å². The number of aliphatic hydroxyl groups excluding tert-OH is 2. The van der Waals surface area contributed by atoms with E-state index in [1.807, 2.05) is 6.07 Å². The van der Waals surface area contributed by atoms with Gasteiger partial charge in [0.15, 0.2) is 0 Å². The zero-order valence-electron chi connectivity index (χ0n) is 7.78. The topological polar surface area (TPSA) is 40.5 Å². The fourth-order valence-corrected chi connectivity index (χ4v) is 1.42. The van der Waals surface area contributed by atoms with Crippen molar-refractivity contribution in [3.8, 4) is 0 Å². The van der Waals surface area contributed by atoms with E-state index in [2.05, 4.69) is 0 Å². The highest BCUT2D eigenvalue weighted by atomic mass is 35.6. The third kappa shape index (κ3) is 4.17. The van der Waals surface area contributed by atoms with Gasteiger partial charge >= 0.3 is 0 Å². The number of alkyl halides is 3. The molecule has 0 spiro atoms. The van der Waals surface area contributed by atoms with Gasteiger partial charge in [0.2, 0.25) is 3.79 Å². The summed E-state index contributed by atoms with van der Waals surface area (Å²) in [5.41, 5.74) is 0.686. The van der Waals surface area contributed by atoms with E-state index < -0.39 is 16.0 Å². The maximum absolute atomic E-state index is 9.72. The first kappa shape index (κ1) is 13.1. The van der Waals surface area contributed by atoms with Crippen LogP contribution in [0.4, 0.5) is 0 Å². The zero-order chi connectivity index (χ0) is 11.5. The molecule has 0 heterocycles. The molecule has 0 amide bonds. The lowest BCUT2D eigenvalue weighted by Gasteiger charge is -2.21. The largest absolute Gasteiger partial charge is 0.389 e. The van der Waals surface area contributed by atoms with Gasteiger partial charge in [0, 0.05) is 6.42 Å². The Balaban J connectivity index is 2.61. The molecule has 0 aliphatic rings. The average Bonchev–Trinajstić information content (AvgIpc) is 2.17. The van der Waals surface area contributed by atoms with Gasteiger partial charge in [0.1, 0.15) is 6.10 Å². The second-order valence-corrected chi connectivity index (χ2v) is 5.59. The summed E-state index contributed by atoms with van der Waals surface area (Å²) in [6.45, 7) is 0. The first-order chi connectivity index (χ1) is 6.91. The van der Waals surface area contributed by atoms with E-state index in [0.29, 0.717) is 5.56 Å². The van der Waals surface area contributed by atoms with Crippen LogP contribution in [-0.4, -0.2) is 20.1 Å². The van der Waals surface area contributed by atoms with Crippen LogP contribution in [0.2, 0.25) is 0 Å². The monoisotopic (exact) mass is 268 g/mol. The standard InChI is InChI=1S/C10H11Cl3O2/c11-10(12,13)9(15)6-8(14)7-4-2-1-3-5-7/h1-5,8-9,14-15H,6H2/t8-,9+/m1/s1. The average molecular weight is 270 g/mol. The van der Waals surface area contributed by atoms with Crippen LogP contribution >= 0.6 is 34.8 Å². The molecule has 15 heavy (non-hydrogen) atoms. The van der Waals surface area contributed by atoms with Crippen LogP contribution in [0.3, 0.4) is 0 Å². The number of hydrogen-bond acceptors (Lipinski definition) is 2. The SMILES string of the molecule is O[C@H](C[C@H](O)C(Cl)(Cl)Cl)c1ccccc1. The van der Waals surface area contributed by atoms with Gasteiger partial charge in [-0.3, -0.25) is 0 Å². The van der Waals surface area contributed by atoms with Crippen LogP contribution in [0.1, 0.15) is 18.1 Å². The third-order valence-electron chi connectivity index (χ3n) is 2.01. The van der Waals surface area contributed by atoms with Gasteiger partial charge in [0.25, 0.3) is 0 Å². The first-order valence-corrected chi connectivity index (χ1v) is 5.52. The fourth-order valence-electron chi connectivity index (χ4n) is 1.16. The maximum atomic E-state index is 9.72. The molecular weight excluding hydrogens is 258 g/mol. The van der Waals surface area contributed by atoms with Crippen molar-refractivity contribution in [3.05, 3.63) is 35.9 Å². The lowest BCUT2D eigenvalue weighted by atomic mass is 10.0. The van der Waals surface area contributed by atoms with Crippen LogP contribution < -0.4 is 0 Å². The molecule has 1 aromatic rings. The van der Waals surface area contributed by atoms with Crippen LogP contribution in [0.15, 0.2) is 30.3 Å². The Kier molecular flexibility index (Phi) is 4.68. The third-order valence-corrected chi connectivity index (χ3v) is 2.76. The number of rotatable bonds is 3. The van der Waals surface area contributed by atoms with Crippen molar-refractivity contribution in [2.24, 2.45) is 0 Å². The second-order valence-electron chi connectivity index (χ2n) is 3.22. The van der Waals surface area contributed by atoms with Crippen LogP contribution in [0, 0.1) is 0 Å². The van der Waals surface area contributed by atoms with E-state index in [9.17, 15) is 10.2 Å². The molecular formula is C10H11Cl3O2. The lowest BCUT2D eigenvalue weighted by molar-refractivity contribution is 0.0826. The van der Waals surface area contributed by atoms with Gasteiger partial charge in [0.05, 0.1) is 6.10 Å². The molecule has 0 bridgehead atoms. The van der Waals surface area contributed by atoms with Gasteiger partial charge < -0.3 is 10.2 Å². The summed E-state index contributed by atoms with van der Waals surface area (Å²) in [6, 6.07) is 8.91. The Morgan fingerprint density at radius 1 is 1.07 bits per heavy atom. The summed E-state index contributed by atoms with van der Waals surface area (Å²) in [4.78, 5) is 0. The Labute approximate surface area is 103 Å². The van der Waals surface area contributed by atoms with Crippen molar-refractivity contribution < 1.29 is 10.2 Å². The number of halogens is 3. The Morgan fingerprint density at radius 2 is 1.60 bits per heavy atom. The first-order valence-electron chi connectivity index (χ1n) is 4.39. The molecule has 0 aliphatic carbocycles. The van der Waals surface area contributed by atoms with Crippen molar-refractivity contribution in [2.45, 2.75) is 22.4 Å². The minimum atomic E-state index is -1.77. The highest BCUT2D eigenvalue weighted by Crippen LogP contribution is 2.34. The van der Waals surface area contributed by atoms with Crippen molar-refractivity contribution >= 4 is 34.8 Å². The van der Waals surface area contributed by atoms with E-state index >= 15 is 0 Å². The Bertz CT molecular complexity index is 297. The summed E-state index contributed by atoms with van der Waals surface area (Å²) in [6.07, 6.45) is -2.05. The van der Waals surface area contributed by atoms with E-state index in [1.165, 1.54) is 0 Å². The highest BCUT2D eigenvalue weighted by molar-refractivity contribution is 6.68. The van der Waals surface area contributed by atoms with E-state index in [1.54, 1.807) is 24.3 Å². The predicted molar refractivity (Wildman–Crippen MR) is 62.3 cm³/mol. The quantitative estimate of drug-likeness (QED) is 0.829. The molecule has 0 aliphatic heterocycles. The zero-order valence-corrected chi connectivity index (χ0v) is 10.0. The number of benzene rings is 1. The minimum absolute atomic E-state index is 0.0134. The van der Waals surface area contributed by atoms with Crippen LogP contribution in [0.25, 0.3) is 0 Å². The van der Waals surface area contributed by atoms with E-state index in [-0.39, 0.29) is 6.42 Å². The van der Waals surface area contributed by atoms with E-state index in [0.717, 1.165) is 0 Å². The molecule has 5 heteroatoms. The smallest absolute Gasteiger partial charge is 0.216 e. The van der Waals surface area contributed by atoms with Gasteiger partial charge in [-0.15, -0.1) is 0 Å². The molecule has 2 atom stereocenters. The Morgan fingerprint density at radius 3 is 2.07 bits per heavy atom. The van der Waals surface area contributed by atoms with Gasteiger partial charge in [-0.25, -0.2) is 0 Å². The molecule has 1 aromatic carbocycles. The minimum Gasteiger partial charge on any atom is -0.389 e. The van der Waals surface area contributed by atoms with Gasteiger partial charge in [-0.05, 0) is 5.56 Å². The lowest BCUT2D eigenvalue weighted by Crippen LogP contribution is -2.27. The highest BCUT2D eigenvalue weighted by Gasteiger charge is 2.32. The summed E-state index contributed by atoms with van der Waals surface area (Å²) in [5.74, 6) is 0. The molecule has 0 radical (unpaired) electrons. The normalized spacial score (nSPS) is 16.1. The summed E-state index contributed by atoms with van der Waals surface area (Å²) >= 11 is 16.5. The Hall–Kier alpha value is 0.01000. The van der Waals surface area contributed by atoms with Crippen LogP contribution in [0.5, 0.6) is 0 Å². The summed E-state index contributed by atoms with van der Waals surface area (Å²) in [7, 11) is 0. The van der Waals surface area contributed by atoms with Crippen molar-refractivity contribution in [3.63, 3.8) is 0 Å². The summed E-state index contributed by atoms with van der Waals surface area (Å²) < 4.78 is -1.77. The van der Waals surface area contributed by atoms with E-state index in [4.69, 9.17) is 34.8 Å². The molecule has 0 fully saturated rings. The second kappa shape index (κ2) is 5.37. The predicted octanol–water partition coefficient (Wildman–Crippen LogP) is 2.84. The van der Waals surface area contributed by atoms with Crippen molar-refractivity contribution in [1.29, 1.82) is 0 Å². The molecule has 2 N–H and O–H groups in total. The molecule has 0 unspecified atom stereocenters. The molecule has 1 rings (SSSR count).